The monoisotopic (exact) mass is 217 g/mol. The van der Waals surface area contributed by atoms with Gasteiger partial charge in [0.25, 0.3) is 0 Å². The normalized spacial score (nSPS) is 10.4. The summed E-state index contributed by atoms with van der Waals surface area (Å²) in [6, 6.07) is 0. The highest BCUT2D eigenvalue weighted by atomic mass is 16.1. The summed E-state index contributed by atoms with van der Waals surface area (Å²) in [6.07, 6.45) is 3.07. The number of aryl methyl sites for hydroxylation is 1. The third-order valence-corrected chi connectivity index (χ3v) is 2.54. The minimum atomic E-state index is 0.421. The van der Waals surface area contributed by atoms with Gasteiger partial charge in [-0.3, -0.25) is 9.59 Å². The Morgan fingerprint density at radius 3 is 2.44 bits per heavy atom. The Balaban J connectivity index is 2.64. The van der Waals surface area contributed by atoms with Gasteiger partial charge in [-0.15, -0.1) is 0 Å². The molecule has 0 saturated heterocycles. The Morgan fingerprint density at radius 1 is 1.19 bits per heavy atom. The zero-order chi connectivity index (χ0) is 11.7. The lowest BCUT2D eigenvalue weighted by Crippen LogP contribution is -1.86. The summed E-state index contributed by atoms with van der Waals surface area (Å²) in [7, 11) is 0. The van der Waals surface area contributed by atoms with Crippen molar-refractivity contribution in [2.75, 3.05) is 0 Å². The molecule has 16 heavy (non-hydrogen) atoms. The molecule has 0 spiro atoms. The van der Waals surface area contributed by atoms with Crippen molar-refractivity contribution in [3.63, 3.8) is 0 Å². The molecule has 2 aromatic heterocycles. The van der Waals surface area contributed by atoms with Crippen molar-refractivity contribution in [1.82, 2.24) is 15.0 Å². The molecule has 2 heterocycles. The van der Waals surface area contributed by atoms with Gasteiger partial charge in [-0.1, -0.05) is 0 Å². The van der Waals surface area contributed by atoms with Gasteiger partial charge in [0.15, 0.2) is 12.6 Å². The summed E-state index contributed by atoms with van der Waals surface area (Å²) in [4.78, 5) is 31.7. The largest absolute Gasteiger partial charge is 0.350 e. The number of rotatable bonds is 3. The number of carbonyl (C=O) groups excluding carboxylic acids is 2. The maximum atomic E-state index is 11.0. The summed E-state index contributed by atoms with van der Waals surface area (Å²) >= 11 is 0. The van der Waals surface area contributed by atoms with Crippen LogP contribution in [0.2, 0.25) is 0 Å². The van der Waals surface area contributed by atoms with Crippen LogP contribution in [0.5, 0.6) is 0 Å². The van der Waals surface area contributed by atoms with Crippen LogP contribution in [0, 0.1) is 13.8 Å². The maximum absolute atomic E-state index is 11.0. The summed E-state index contributed by atoms with van der Waals surface area (Å²) < 4.78 is 0. The highest BCUT2D eigenvalue weighted by molar-refractivity contribution is 5.92. The summed E-state index contributed by atoms with van der Waals surface area (Å²) in [5.74, 6) is 0.756. The second kappa shape index (κ2) is 3.77. The number of hydrogen-bond acceptors (Lipinski definition) is 3. The van der Waals surface area contributed by atoms with Crippen LogP contribution >= 0.6 is 0 Å². The number of nitrogens with one attached hydrogen (secondary N) is 2. The number of hydrogen-bond donors (Lipinski definition) is 2. The Morgan fingerprint density at radius 2 is 1.94 bits per heavy atom. The zero-order valence-corrected chi connectivity index (χ0v) is 9.00. The van der Waals surface area contributed by atoms with E-state index in [1.54, 1.807) is 13.1 Å². The van der Waals surface area contributed by atoms with Crippen LogP contribution in [-0.4, -0.2) is 27.5 Å². The van der Waals surface area contributed by atoms with E-state index in [1.807, 2.05) is 6.92 Å². The molecule has 2 N–H and O–H groups in total. The third-order valence-electron chi connectivity index (χ3n) is 2.54. The van der Waals surface area contributed by atoms with Gasteiger partial charge in [-0.25, -0.2) is 4.98 Å². The first-order valence-corrected chi connectivity index (χ1v) is 4.82. The number of aromatic amines is 2. The molecule has 0 saturated carbocycles. The predicted molar refractivity (Wildman–Crippen MR) is 58.6 cm³/mol. The van der Waals surface area contributed by atoms with Crippen molar-refractivity contribution < 1.29 is 9.59 Å². The number of H-pyrrole nitrogens is 2. The van der Waals surface area contributed by atoms with E-state index in [0.717, 1.165) is 12.1 Å². The van der Waals surface area contributed by atoms with E-state index in [2.05, 4.69) is 15.0 Å². The molecular weight excluding hydrogens is 206 g/mol. The topological polar surface area (TPSA) is 78.6 Å². The first-order chi connectivity index (χ1) is 7.67. The van der Waals surface area contributed by atoms with E-state index in [9.17, 15) is 9.59 Å². The average molecular weight is 217 g/mol. The minimum absolute atomic E-state index is 0.421. The smallest absolute Gasteiger partial charge is 0.166 e. The van der Waals surface area contributed by atoms with Gasteiger partial charge >= 0.3 is 0 Å². The van der Waals surface area contributed by atoms with Gasteiger partial charge in [0, 0.05) is 5.56 Å². The standard InChI is InChI=1S/C11H11N3O2/c1-6-8(4-15)11(14-10(6)5-16)9-3-12-7(2)13-9/h3-5,14H,1-2H3,(H,12,13). The van der Waals surface area contributed by atoms with Crippen LogP contribution in [0.1, 0.15) is 32.2 Å². The first kappa shape index (κ1) is 10.4. The lowest BCUT2D eigenvalue weighted by Gasteiger charge is -1.94. The fourth-order valence-corrected chi connectivity index (χ4v) is 1.65. The number of nitrogens with zero attached hydrogens (tertiary/aromatic N) is 1. The van der Waals surface area contributed by atoms with E-state index in [0.29, 0.717) is 34.5 Å². The number of carbonyl (C=O) groups is 2. The van der Waals surface area contributed by atoms with Crippen LogP contribution < -0.4 is 0 Å². The molecule has 5 nitrogen and oxygen atoms in total. The van der Waals surface area contributed by atoms with Crippen molar-refractivity contribution in [2.45, 2.75) is 13.8 Å². The summed E-state index contributed by atoms with van der Waals surface area (Å²) in [6.45, 7) is 3.55. The second-order valence-electron chi connectivity index (χ2n) is 3.57. The first-order valence-electron chi connectivity index (χ1n) is 4.82. The number of imidazole rings is 1. The van der Waals surface area contributed by atoms with Crippen molar-refractivity contribution in [1.29, 1.82) is 0 Å². The van der Waals surface area contributed by atoms with Gasteiger partial charge in [-0.05, 0) is 19.4 Å². The van der Waals surface area contributed by atoms with Gasteiger partial charge in [0.2, 0.25) is 0 Å². The van der Waals surface area contributed by atoms with Gasteiger partial charge in [-0.2, -0.15) is 0 Å². The van der Waals surface area contributed by atoms with Crippen LogP contribution in [-0.2, 0) is 0 Å². The molecule has 0 bridgehead atoms. The Bertz CT molecular complexity index is 552. The molecule has 2 rings (SSSR count). The lowest BCUT2D eigenvalue weighted by atomic mass is 10.1. The summed E-state index contributed by atoms with van der Waals surface area (Å²) in [5.41, 5.74) is 2.88. The Hall–Kier alpha value is -2.17. The molecule has 0 unspecified atom stereocenters. The van der Waals surface area contributed by atoms with E-state index in [4.69, 9.17) is 0 Å². The molecule has 0 atom stereocenters. The third kappa shape index (κ3) is 1.46. The minimum Gasteiger partial charge on any atom is -0.350 e. The van der Waals surface area contributed by atoms with Crippen LogP contribution in [0.25, 0.3) is 11.4 Å². The molecular formula is C11H11N3O2. The van der Waals surface area contributed by atoms with Crippen molar-refractivity contribution >= 4 is 12.6 Å². The van der Waals surface area contributed by atoms with Gasteiger partial charge < -0.3 is 9.97 Å². The van der Waals surface area contributed by atoms with E-state index < -0.39 is 0 Å². The van der Waals surface area contributed by atoms with Gasteiger partial charge in [0.05, 0.1) is 23.3 Å². The fraction of sp³-hybridized carbons (Fsp3) is 0.182. The predicted octanol–water partition coefficient (Wildman–Crippen LogP) is 1.65. The van der Waals surface area contributed by atoms with E-state index in [1.165, 1.54) is 0 Å². The van der Waals surface area contributed by atoms with E-state index in [-0.39, 0.29) is 0 Å². The highest BCUT2D eigenvalue weighted by Crippen LogP contribution is 2.24. The van der Waals surface area contributed by atoms with E-state index >= 15 is 0 Å². The van der Waals surface area contributed by atoms with Crippen molar-refractivity contribution in [2.24, 2.45) is 0 Å². The number of aldehydes is 2. The maximum Gasteiger partial charge on any atom is 0.166 e. The molecule has 0 aromatic carbocycles. The molecule has 0 aliphatic carbocycles. The summed E-state index contributed by atoms with van der Waals surface area (Å²) in [5, 5.41) is 0. The molecule has 0 aliphatic rings. The highest BCUT2D eigenvalue weighted by Gasteiger charge is 2.15. The average Bonchev–Trinajstić information content (AvgIpc) is 2.82. The fourth-order valence-electron chi connectivity index (χ4n) is 1.65. The molecule has 0 fully saturated rings. The lowest BCUT2D eigenvalue weighted by molar-refractivity contribution is 0.111. The van der Waals surface area contributed by atoms with Crippen LogP contribution in [0.15, 0.2) is 6.20 Å². The molecule has 82 valence electrons. The van der Waals surface area contributed by atoms with Crippen LogP contribution in [0.3, 0.4) is 0 Å². The zero-order valence-electron chi connectivity index (χ0n) is 9.00. The Labute approximate surface area is 91.9 Å². The number of aromatic nitrogens is 3. The molecule has 0 radical (unpaired) electrons. The molecule has 5 heteroatoms. The SMILES string of the molecule is Cc1ncc(-c2[nH]c(C=O)c(C)c2C=O)[nH]1. The quantitative estimate of drug-likeness (QED) is 0.767. The van der Waals surface area contributed by atoms with Gasteiger partial charge in [0.1, 0.15) is 5.82 Å². The van der Waals surface area contributed by atoms with Crippen LogP contribution in [0.4, 0.5) is 0 Å². The molecule has 2 aromatic rings. The molecule has 0 aliphatic heterocycles. The molecule has 0 amide bonds. The second-order valence-corrected chi connectivity index (χ2v) is 3.57. The van der Waals surface area contributed by atoms with Crippen molar-refractivity contribution in [3.8, 4) is 11.4 Å². The van der Waals surface area contributed by atoms with Crippen molar-refractivity contribution in [3.05, 3.63) is 28.8 Å². The Kier molecular flexibility index (Phi) is 2.44.